The van der Waals surface area contributed by atoms with E-state index in [1.807, 2.05) is 0 Å². The van der Waals surface area contributed by atoms with Gasteiger partial charge in [0.05, 0.1) is 0 Å². The summed E-state index contributed by atoms with van der Waals surface area (Å²) in [5.74, 6) is -9.33. The van der Waals surface area contributed by atoms with Crippen LogP contribution < -0.4 is 4.16 Å². The SMILES string of the molecule is Br.Fc1c(F)c(F)[c]([Zn])c(F)c1F. The van der Waals surface area contributed by atoms with Crippen molar-refractivity contribution in [1.29, 1.82) is 0 Å². The van der Waals surface area contributed by atoms with E-state index in [9.17, 15) is 22.0 Å². The summed E-state index contributed by atoms with van der Waals surface area (Å²) in [5, 5.41) is 0. The zero-order chi connectivity index (χ0) is 9.46. The monoisotopic (exact) mass is 311 g/mol. The van der Waals surface area contributed by atoms with Crippen molar-refractivity contribution in [1.82, 2.24) is 0 Å². The Morgan fingerprint density at radius 2 is 0.846 bits per heavy atom. The first-order valence-corrected chi connectivity index (χ1v) is 4.28. The van der Waals surface area contributed by atoms with E-state index in [4.69, 9.17) is 0 Å². The summed E-state index contributed by atoms with van der Waals surface area (Å²) in [6.45, 7) is 0. The van der Waals surface area contributed by atoms with Crippen molar-refractivity contribution < 1.29 is 40.3 Å². The van der Waals surface area contributed by atoms with Crippen molar-refractivity contribution >= 4 is 21.1 Å². The zero-order valence-electron chi connectivity index (χ0n) is 6.01. The summed E-state index contributed by atoms with van der Waals surface area (Å²) < 4.78 is 60.9. The van der Waals surface area contributed by atoms with E-state index in [1.165, 1.54) is 0 Å². The maximum atomic E-state index is 12.4. The van der Waals surface area contributed by atoms with Crippen LogP contribution in [0.25, 0.3) is 0 Å². The summed E-state index contributed by atoms with van der Waals surface area (Å²) in [6, 6.07) is 0. The fourth-order valence-electron chi connectivity index (χ4n) is 0.650. The molecule has 0 aromatic heterocycles. The fourth-order valence-corrected chi connectivity index (χ4v) is 1.30. The minimum atomic E-state index is -2.11. The summed E-state index contributed by atoms with van der Waals surface area (Å²) in [7, 11) is 0. The molecule has 0 atom stereocenters. The molecule has 69 valence electrons. The number of hydrogen-bond acceptors (Lipinski definition) is 0. The Balaban J connectivity index is 0.00000144. The van der Waals surface area contributed by atoms with E-state index >= 15 is 0 Å². The molecule has 0 nitrogen and oxygen atoms in total. The van der Waals surface area contributed by atoms with E-state index in [0.29, 0.717) is 0 Å². The maximum absolute atomic E-state index is 12.4. The molecule has 1 rings (SSSR count). The van der Waals surface area contributed by atoms with Gasteiger partial charge in [-0.1, -0.05) is 0 Å². The van der Waals surface area contributed by atoms with Crippen molar-refractivity contribution in [3.8, 4) is 0 Å². The Kier molecular flexibility index (Phi) is 4.45. The molecule has 0 fully saturated rings. The average molecular weight is 313 g/mol. The summed E-state index contributed by atoms with van der Waals surface area (Å²) >= 11 is -0.119. The minimum absolute atomic E-state index is 0. The van der Waals surface area contributed by atoms with Crippen LogP contribution in [-0.4, -0.2) is 0 Å². The molecule has 0 aliphatic heterocycles. The first-order chi connectivity index (χ1) is 5.46. The second-order valence-corrected chi connectivity index (χ2v) is 3.53. The van der Waals surface area contributed by atoms with Crippen LogP contribution in [0.3, 0.4) is 0 Å². The van der Waals surface area contributed by atoms with Gasteiger partial charge in [-0.3, -0.25) is 0 Å². The van der Waals surface area contributed by atoms with Crippen LogP contribution in [0.15, 0.2) is 0 Å². The third-order valence-electron chi connectivity index (χ3n) is 1.30. The van der Waals surface area contributed by atoms with Gasteiger partial charge in [0.2, 0.25) is 0 Å². The van der Waals surface area contributed by atoms with Crippen LogP contribution in [-0.2, 0) is 18.3 Å². The van der Waals surface area contributed by atoms with Crippen LogP contribution in [0.1, 0.15) is 0 Å². The first kappa shape index (κ1) is 13.0. The first-order valence-electron chi connectivity index (χ1n) is 2.80. The van der Waals surface area contributed by atoms with Crippen molar-refractivity contribution in [3.05, 3.63) is 29.1 Å². The molecular weight excluding hydrogens is 312 g/mol. The molecule has 13 heavy (non-hydrogen) atoms. The van der Waals surface area contributed by atoms with Gasteiger partial charge in [0.25, 0.3) is 0 Å². The quantitative estimate of drug-likeness (QED) is 0.298. The second kappa shape index (κ2) is 4.46. The van der Waals surface area contributed by atoms with E-state index in [1.54, 1.807) is 0 Å². The zero-order valence-corrected chi connectivity index (χ0v) is 10.7. The van der Waals surface area contributed by atoms with Gasteiger partial charge >= 0.3 is 73.5 Å². The Morgan fingerprint density at radius 1 is 0.615 bits per heavy atom. The Labute approximate surface area is 90.6 Å². The van der Waals surface area contributed by atoms with Gasteiger partial charge in [0.1, 0.15) is 0 Å². The van der Waals surface area contributed by atoms with Gasteiger partial charge in [-0.2, -0.15) is 0 Å². The Bertz CT molecular complexity index is 235. The van der Waals surface area contributed by atoms with Crippen molar-refractivity contribution in [2.45, 2.75) is 0 Å². The number of halogens is 6. The van der Waals surface area contributed by atoms with Crippen LogP contribution in [0.5, 0.6) is 0 Å². The second-order valence-electron chi connectivity index (χ2n) is 2.05. The van der Waals surface area contributed by atoms with Crippen molar-refractivity contribution in [3.63, 3.8) is 0 Å². The predicted octanol–water partition coefficient (Wildman–Crippen LogP) is 2.13. The molecule has 0 aliphatic rings. The Hall–Kier alpha value is -0.0266. The molecule has 0 N–H and O–H groups in total. The van der Waals surface area contributed by atoms with E-state index in [-0.39, 0.29) is 35.3 Å². The van der Waals surface area contributed by atoms with Crippen LogP contribution >= 0.6 is 17.0 Å². The molecular formula is C6HBrF5Zn. The molecule has 0 saturated heterocycles. The van der Waals surface area contributed by atoms with E-state index < -0.39 is 33.2 Å². The molecule has 1 aromatic carbocycles. The molecule has 0 unspecified atom stereocenters. The van der Waals surface area contributed by atoms with Crippen LogP contribution in [0.2, 0.25) is 0 Å². The summed E-state index contributed by atoms with van der Waals surface area (Å²) in [6.07, 6.45) is 0. The van der Waals surface area contributed by atoms with Crippen LogP contribution in [0.4, 0.5) is 22.0 Å². The predicted molar refractivity (Wildman–Crippen MR) is 36.2 cm³/mol. The molecule has 1 aromatic rings. The molecule has 0 bridgehead atoms. The fraction of sp³-hybridized carbons (Fsp3) is 0. The van der Waals surface area contributed by atoms with Gasteiger partial charge in [-0.25, -0.2) is 0 Å². The van der Waals surface area contributed by atoms with E-state index in [0.717, 1.165) is 0 Å². The van der Waals surface area contributed by atoms with E-state index in [2.05, 4.69) is 0 Å². The normalized spacial score (nSPS) is 9.77. The molecule has 0 spiro atoms. The number of hydrogen-bond donors (Lipinski definition) is 0. The molecule has 0 radical (unpaired) electrons. The standard InChI is InChI=1S/C6F5.BrH.Zn/c7-2-1-3(8)5(10)6(11)4(2)9;;/h;1H;. The van der Waals surface area contributed by atoms with Crippen molar-refractivity contribution in [2.75, 3.05) is 0 Å². The Morgan fingerprint density at radius 3 is 1.15 bits per heavy atom. The molecule has 0 heterocycles. The number of benzene rings is 1. The van der Waals surface area contributed by atoms with Gasteiger partial charge in [0, 0.05) is 0 Å². The van der Waals surface area contributed by atoms with Crippen molar-refractivity contribution in [2.24, 2.45) is 0 Å². The average Bonchev–Trinajstić information content (AvgIpc) is 2.08. The third kappa shape index (κ3) is 2.07. The number of rotatable bonds is 0. The summed E-state index contributed by atoms with van der Waals surface area (Å²) in [5.41, 5.74) is 0. The molecule has 0 aliphatic carbocycles. The molecule has 0 amide bonds. The van der Waals surface area contributed by atoms with Gasteiger partial charge in [0.15, 0.2) is 0 Å². The van der Waals surface area contributed by atoms with Crippen LogP contribution in [0, 0.1) is 29.1 Å². The topological polar surface area (TPSA) is 0 Å². The third-order valence-corrected chi connectivity index (χ3v) is 2.60. The van der Waals surface area contributed by atoms with Gasteiger partial charge in [-0.15, -0.1) is 17.0 Å². The van der Waals surface area contributed by atoms with Gasteiger partial charge < -0.3 is 0 Å². The van der Waals surface area contributed by atoms with Gasteiger partial charge in [-0.05, 0) is 0 Å². The molecule has 7 heteroatoms. The summed E-state index contributed by atoms with van der Waals surface area (Å²) in [4.78, 5) is 0. The molecule has 0 saturated carbocycles.